The maximum atomic E-state index is 13.8. The van der Waals surface area contributed by atoms with Gasteiger partial charge in [0.25, 0.3) is 0 Å². The molecule has 34 heavy (non-hydrogen) atoms. The van der Waals surface area contributed by atoms with Crippen LogP contribution in [0.25, 0.3) is 0 Å². The van der Waals surface area contributed by atoms with E-state index < -0.39 is 0 Å². The molecule has 3 aliphatic rings. The van der Waals surface area contributed by atoms with Crippen LogP contribution in [0.15, 0.2) is 36.5 Å². The molecule has 0 spiro atoms. The molecule has 1 aromatic carbocycles. The first-order valence-corrected chi connectivity index (χ1v) is 11.9. The number of fused-ring (bicyclic) bond motifs is 3. The van der Waals surface area contributed by atoms with Gasteiger partial charge in [-0.2, -0.15) is 10.1 Å². The summed E-state index contributed by atoms with van der Waals surface area (Å²) >= 11 is 0. The Hall–Kier alpha value is -3.43. The van der Waals surface area contributed by atoms with Gasteiger partial charge in [0.05, 0.1) is 19.0 Å². The Kier molecular flexibility index (Phi) is 5.23. The molecule has 4 atom stereocenters. The number of aryl methyl sites for hydroxylation is 1. The lowest BCUT2D eigenvalue weighted by atomic mass is 9.89. The molecule has 2 aliphatic heterocycles. The van der Waals surface area contributed by atoms with Crippen LogP contribution in [0.5, 0.6) is 5.88 Å². The predicted octanol–water partition coefficient (Wildman–Crippen LogP) is 3.33. The number of nitrogens with zero attached hydrogens (tertiary/aromatic N) is 7. The third kappa shape index (κ3) is 3.70. The van der Waals surface area contributed by atoms with Crippen molar-refractivity contribution in [1.29, 1.82) is 0 Å². The molecule has 10 heteroatoms. The minimum absolute atomic E-state index is 0.244. The van der Waals surface area contributed by atoms with Crippen molar-refractivity contribution in [2.24, 2.45) is 17.8 Å². The molecular weight excluding hydrogens is 435 g/mol. The lowest BCUT2D eigenvalue weighted by Gasteiger charge is -2.39. The second kappa shape index (κ2) is 8.41. The van der Waals surface area contributed by atoms with Gasteiger partial charge in [0.2, 0.25) is 17.8 Å². The number of piperidine rings is 1. The third-order valence-electron chi connectivity index (χ3n) is 7.51. The second-order valence-electron chi connectivity index (χ2n) is 9.61. The number of halogens is 1. The third-order valence-corrected chi connectivity index (χ3v) is 7.51. The highest BCUT2D eigenvalue weighted by atomic mass is 19.1. The smallest absolute Gasteiger partial charge is 0.244 e. The molecule has 0 amide bonds. The van der Waals surface area contributed by atoms with Gasteiger partial charge in [0.1, 0.15) is 5.82 Å². The van der Waals surface area contributed by atoms with Gasteiger partial charge in [-0.1, -0.05) is 13.0 Å². The van der Waals surface area contributed by atoms with Crippen LogP contribution in [0.3, 0.4) is 0 Å². The van der Waals surface area contributed by atoms with Crippen LogP contribution < -0.4 is 19.9 Å². The van der Waals surface area contributed by atoms with E-state index in [1.165, 1.54) is 6.07 Å². The topological polar surface area (TPSA) is 84.2 Å². The highest BCUT2D eigenvalue weighted by molar-refractivity contribution is 5.59. The Morgan fingerprint density at radius 1 is 1.15 bits per heavy atom. The minimum Gasteiger partial charge on any atom is -0.480 e. The summed E-state index contributed by atoms with van der Waals surface area (Å²) in [5, 5.41) is 16.6. The molecule has 2 aromatic heterocycles. The van der Waals surface area contributed by atoms with Crippen LogP contribution in [0.1, 0.15) is 19.8 Å². The van der Waals surface area contributed by atoms with Gasteiger partial charge in [0.15, 0.2) is 0 Å². The van der Waals surface area contributed by atoms with Crippen LogP contribution in [0, 0.1) is 23.6 Å². The largest absolute Gasteiger partial charge is 0.480 e. The Morgan fingerprint density at radius 2 is 2.06 bits per heavy atom. The van der Waals surface area contributed by atoms with Crippen molar-refractivity contribution in [3.63, 3.8) is 0 Å². The standard InChI is InChI=1S/C24H29FN8O/c1-15-9-16-13-31(19-11-21(34-2)29-26-12-19)14-20(15)22(16)27-23-28-24-32(7-4-8-33(24)30-23)18-6-3-5-17(25)10-18/h3,5-6,10-12,15-16,20,22H,4,7-9,13-14H2,1-2H3,(H,27,30)/t15?,16-,20+,22+/m1/s1. The molecule has 1 N–H and O–H groups in total. The summed E-state index contributed by atoms with van der Waals surface area (Å²) in [6.45, 7) is 5.83. The van der Waals surface area contributed by atoms with E-state index in [0.29, 0.717) is 35.6 Å². The fraction of sp³-hybridized carbons (Fsp3) is 0.500. The van der Waals surface area contributed by atoms with Gasteiger partial charge in [-0.05, 0) is 48.8 Å². The first kappa shape index (κ1) is 21.1. The lowest BCUT2D eigenvalue weighted by Crippen LogP contribution is -2.49. The van der Waals surface area contributed by atoms with E-state index in [-0.39, 0.29) is 5.82 Å². The van der Waals surface area contributed by atoms with Crippen molar-refractivity contribution in [2.75, 3.05) is 41.9 Å². The molecule has 1 saturated carbocycles. The van der Waals surface area contributed by atoms with Gasteiger partial charge >= 0.3 is 0 Å². The zero-order chi connectivity index (χ0) is 23.2. The molecule has 1 unspecified atom stereocenters. The summed E-state index contributed by atoms with van der Waals surface area (Å²) in [5.74, 6) is 3.27. The van der Waals surface area contributed by atoms with Crippen molar-refractivity contribution in [3.05, 3.63) is 42.3 Å². The van der Waals surface area contributed by atoms with Crippen LogP contribution in [-0.4, -0.2) is 57.7 Å². The van der Waals surface area contributed by atoms with Crippen LogP contribution in [-0.2, 0) is 6.54 Å². The highest BCUT2D eigenvalue weighted by Crippen LogP contribution is 2.44. The Labute approximate surface area is 197 Å². The van der Waals surface area contributed by atoms with E-state index in [0.717, 1.165) is 56.3 Å². The zero-order valence-corrected chi connectivity index (χ0v) is 19.4. The Morgan fingerprint density at radius 3 is 2.88 bits per heavy atom. The van der Waals surface area contributed by atoms with Gasteiger partial charge in [-0.3, -0.25) is 0 Å². The molecule has 178 valence electrons. The average molecular weight is 465 g/mol. The number of aromatic nitrogens is 5. The molecule has 4 heterocycles. The van der Waals surface area contributed by atoms with Gasteiger partial charge in [0, 0.05) is 44.0 Å². The monoisotopic (exact) mass is 464 g/mol. The van der Waals surface area contributed by atoms with E-state index in [9.17, 15) is 4.39 Å². The van der Waals surface area contributed by atoms with Crippen molar-refractivity contribution in [3.8, 4) is 5.88 Å². The Bertz CT molecular complexity index is 1190. The van der Waals surface area contributed by atoms with Crippen LogP contribution in [0.2, 0.25) is 0 Å². The quantitative estimate of drug-likeness (QED) is 0.616. The van der Waals surface area contributed by atoms with E-state index in [1.807, 2.05) is 23.0 Å². The molecule has 3 aromatic rings. The number of rotatable bonds is 5. The number of methoxy groups -OCH3 is 1. The summed E-state index contributed by atoms with van der Waals surface area (Å²) in [4.78, 5) is 9.29. The molecule has 9 nitrogen and oxygen atoms in total. The van der Waals surface area contributed by atoms with E-state index >= 15 is 0 Å². The zero-order valence-electron chi connectivity index (χ0n) is 19.4. The fourth-order valence-corrected chi connectivity index (χ4v) is 5.90. The molecule has 1 saturated heterocycles. The summed E-state index contributed by atoms with van der Waals surface area (Å²) in [6.07, 6.45) is 3.92. The van der Waals surface area contributed by atoms with Crippen molar-refractivity contribution in [1.82, 2.24) is 25.0 Å². The van der Waals surface area contributed by atoms with Crippen molar-refractivity contribution in [2.45, 2.75) is 32.4 Å². The van der Waals surface area contributed by atoms with E-state index in [1.54, 1.807) is 19.2 Å². The van der Waals surface area contributed by atoms with Gasteiger partial charge < -0.3 is 19.9 Å². The average Bonchev–Trinajstić information content (AvgIpc) is 3.33. The number of benzene rings is 1. The van der Waals surface area contributed by atoms with Crippen molar-refractivity contribution < 1.29 is 9.13 Å². The lowest BCUT2D eigenvalue weighted by molar-refractivity contribution is 0.349. The summed E-state index contributed by atoms with van der Waals surface area (Å²) < 4.78 is 21.0. The summed E-state index contributed by atoms with van der Waals surface area (Å²) in [5.41, 5.74) is 1.86. The molecule has 2 bridgehead atoms. The number of anilines is 4. The Balaban J connectivity index is 1.22. The predicted molar refractivity (Wildman–Crippen MR) is 127 cm³/mol. The summed E-state index contributed by atoms with van der Waals surface area (Å²) in [6, 6.07) is 8.94. The molecule has 6 rings (SSSR count). The first-order valence-electron chi connectivity index (χ1n) is 11.9. The van der Waals surface area contributed by atoms with Crippen LogP contribution >= 0.6 is 0 Å². The van der Waals surface area contributed by atoms with Gasteiger partial charge in [-0.15, -0.1) is 10.2 Å². The van der Waals surface area contributed by atoms with E-state index in [4.69, 9.17) is 14.8 Å². The highest BCUT2D eigenvalue weighted by Gasteiger charge is 2.47. The molecule has 2 fully saturated rings. The molecular formula is C24H29FN8O. The number of hydrogen-bond donors (Lipinski definition) is 1. The van der Waals surface area contributed by atoms with Gasteiger partial charge in [-0.25, -0.2) is 9.07 Å². The summed E-state index contributed by atoms with van der Waals surface area (Å²) in [7, 11) is 1.61. The molecule has 1 aliphatic carbocycles. The van der Waals surface area contributed by atoms with Crippen LogP contribution in [0.4, 0.5) is 27.7 Å². The maximum Gasteiger partial charge on any atom is 0.244 e. The van der Waals surface area contributed by atoms with Crippen molar-refractivity contribution >= 4 is 23.3 Å². The minimum atomic E-state index is -0.244. The number of ether oxygens (including phenoxy) is 1. The maximum absolute atomic E-state index is 13.8. The van der Waals surface area contributed by atoms with E-state index in [2.05, 4.69) is 32.2 Å². The number of nitrogens with one attached hydrogen (secondary N) is 1. The normalized spacial score (nSPS) is 25.9. The SMILES string of the molecule is COc1cc(N2C[C@H]3CC(C)[C@H](C2)[C@H]3Nc2nc3n(n2)CCCN3c2cccc(F)c2)cnn1. The second-order valence-corrected chi connectivity index (χ2v) is 9.61. The number of hydrogen-bond acceptors (Lipinski definition) is 8. The molecule has 0 radical (unpaired) electrons. The first-order chi connectivity index (χ1) is 16.6. The fourth-order valence-electron chi connectivity index (χ4n) is 5.90.